The van der Waals surface area contributed by atoms with Gasteiger partial charge in [-0.1, -0.05) is 48.5 Å². The summed E-state index contributed by atoms with van der Waals surface area (Å²) in [6, 6.07) is 29.2. The Kier molecular flexibility index (Phi) is 7.22. The molecule has 8 rings (SSSR count). The van der Waals surface area contributed by atoms with Gasteiger partial charge in [0.1, 0.15) is 6.07 Å². The lowest BCUT2D eigenvalue weighted by molar-refractivity contribution is -0.138. The summed E-state index contributed by atoms with van der Waals surface area (Å²) in [5.74, 6) is 0. The summed E-state index contributed by atoms with van der Waals surface area (Å²) >= 11 is 0. The Balaban J connectivity index is 1.50. The van der Waals surface area contributed by atoms with E-state index < -0.39 is 35.2 Å². The number of alkyl halides is 9. The van der Waals surface area contributed by atoms with Crippen molar-refractivity contribution in [1.82, 2.24) is 9.13 Å². The van der Waals surface area contributed by atoms with Crippen molar-refractivity contribution in [3.8, 4) is 28.6 Å². The van der Waals surface area contributed by atoms with Crippen molar-refractivity contribution in [3.05, 3.63) is 144 Å². The minimum absolute atomic E-state index is 0.00567. The topological polar surface area (TPSA) is 33.6 Å². The maximum absolute atomic E-state index is 14.1. The molecule has 3 nitrogen and oxygen atoms in total. The van der Waals surface area contributed by atoms with Crippen LogP contribution in [0.15, 0.2) is 121 Å². The molecule has 0 aliphatic heterocycles. The van der Waals surface area contributed by atoms with Crippen LogP contribution < -0.4 is 0 Å². The standard InChI is InChI=1S/C40H20F9N3/c41-38(42,43)24-7-5-6-22(16-24)29-20-36(51-32-10-3-1-8-27(32)30-18-25(39(44,45)46)12-14-34(30)51)23(21-50)17-37(29)52-33-11-4-2-9-28(33)31-19-26(40(47,48)49)13-15-35(31)52/h1-20H. The average molecular weight is 714 g/mol. The van der Waals surface area contributed by atoms with E-state index in [1.54, 1.807) is 57.7 Å². The SMILES string of the molecule is N#Cc1cc(-n2c3ccccc3c3cc(C(F)(F)F)ccc32)c(-c2cccc(C(F)(F)F)c2)cc1-n1c2ccccc2c2cc(C(F)(F)F)ccc21. The molecule has 0 radical (unpaired) electrons. The Morgan fingerprint density at radius 3 is 1.38 bits per heavy atom. The van der Waals surface area contributed by atoms with Crippen LogP contribution in [-0.4, -0.2) is 9.13 Å². The molecule has 2 heterocycles. The second-order valence-electron chi connectivity index (χ2n) is 12.2. The molecule has 8 aromatic rings. The first-order valence-electron chi connectivity index (χ1n) is 15.6. The van der Waals surface area contributed by atoms with Crippen molar-refractivity contribution in [3.63, 3.8) is 0 Å². The predicted octanol–water partition coefficient (Wildman–Crippen LogP) is 12.5. The van der Waals surface area contributed by atoms with Gasteiger partial charge in [0.25, 0.3) is 0 Å². The molecule has 0 unspecified atom stereocenters. The van der Waals surface area contributed by atoms with Crippen LogP contribution >= 0.6 is 0 Å². The van der Waals surface area contributed by atoms with Gasteiger partial charge < -0.3 is 9.13 Å². The fraction of sp³-hybridized carbons (Fsp3) is 0.0750. The first kappa shape index (κ1) is 33.0. The number of nitrogens with zero attached hydrogens (tertiary/aromatic N) is 3. The van der Waals surface area contributed by atoms with Crippen LogP contribution in [0.5, 0.6) is 0 Å². The van der Waals surface area contributed by atoms with Gasteiger partial charge in [0.05, 0.1) is 55.7 Å². The molecule has 258 valence electrons. The molecule has 0 saturated carbocycles. The number of halogens is 9. The van der Waals surface area contributed by atoms with Crippen molar-refractivity contribution in [1.29, 1.82) is 5.26 Å². The van der Waals surface area contributed by atoms with Crippen molar-refractivity contribution in [2.45, 2.75) is 18.5 Å². The zero-order valence-electron chi connectivity index (χ0n) is 26.3. The molecule has 0 saturated heterocycles. The third-order valence-electron chi connectivity index (χ3n) is 9.22. The monoisotopic (exact) mass is 713 g/mol. The number of nitriles is 1. The van der Waals surface area contributed by atoms with E-state index in [9.17, 15) is 44.8 Å². The Bertz CT molecular complexity index is 2770. The van der Waals surface area contributed by atoms with Gasteiger partial charge in [0.2, 0.25) is 0 Å². The first-order chi connectivity index (χ1) is 24.6. The van der Waals surface area contributed by atoms with Crippen molar-refractivity contribution < 1.29 is 39.5 Å². The summed E-state index contributed by atoms with van der Waals surface area (Å²) in [7, 11) is 0. The fourth-order valence-corrected chi connectivity index (χ4v) is 6.95. The van der Waals surface area contributed by atoms with Crippen LogP contribution in [0.25, 0.3) is 66.1 Å². The second-order valence-corrected chi connectivity index (χ2v) is 12.2. The Hall–Kier alpha value is -6.22. The Labute approximate surface area is 288 Å². The summed E-state index contributed by atoms with van der Waals surface area (Å²) in [6.45, 7) is 0. The molecule has 0 N–H and O–H groups in total. The van der Waals surface area contributed by atoms with Crippen LogP contribution in [0.1, 0.15) is 22.3 Å². The maximum Gasteiger partial charge on any atom is 0.416 e. The molecule has 0 bridgehead atoms. The van der Waals surface area contributed by atoms with Crippen molar-refractivity contribution in [2.24, 2.45) is 0 Å². The predicted molar refractivity (Wildman–Crippen MR) is 180 cm³/mol. The number of hydrogen-bond acceptors (Lipinski definition) is 1. The van der Waals surface area contributed by atoms with E-state index in [1.807, 2.05) is 0 Å². The third kappa shape index (κ3) is 5.23. The minimum Gasteiger partial charge on any atom is -0.309 e. The van der Waals surface area contributed by atoms with E-state index in [0.29, 0.717) is 32.8 Å². The molecule has 0 aliphatic rings. The smallest absolute Gasteiger partial charge is 0.309 e. The van der Waals surface area contributed by atoms with Crippen LogP contribution in [0.2, 0.25) is 0 Å². The largest absolute Gasteiger partial charge is 0.416 e. The normalized spacial score (nSPS) is 12.7. The van der Waals surface area contributed by atoms with Crippen LogP contribution in [-0.2, 0) is 18.5 Å². The quantitative estimate of drug-likeness (QED) is 0.168. The van der Waals surface area contributed by atoms with Gasteiger partial charge in [-0.25, -0.2) is 0 Å². The average Bonchev–Trinajstić information content (AvgIpc) is 3.62. The van der Waals surface area contributed by atoms with Gasteiger partial charge in [-0.15, -0.1) is 0 Å². The number of rotatable bonds is 3. The van der Waals surface area contributed by atoms with E-state index in [1.165, 1.54) is 36.4 Å². The lowest BCUT2D eigenvalue weighted by atomic mass is 9.97. The van der Waals surface area contributed by atoms with Crippen LogP contribution in [0.3, 0.4) is 0 Å². The highest BCUT2D eigenvalue weighted by molar-refractivity contribution is 6.11. The molecule has 0 amide bonds. The Morgan fingerprint density at radius 1 is 0.423 bits per heavy atom. The highest BCUT2D eigenvalue weighted by Gasteiger charge is 2.34. The van der Waals surface area contributed by atoms with Gasteiger partial charge in [-0.3, -0.25) is 0 Å². The molecule has 0 fully saturated rings. The summed E-state index contributed by atoms with van der Waals surface area (Å²) in [6.07, 6.45) is -14.0. The molecule has 0 atom stereocenters. The van der Waals surface area contributed by atoms with E-state index in [-0.39, 0.29) is 38.8 Å². The van der Waals surface area contributed by atoms with Gasteiger partial charge in [-0.2, -0.15) is 44.8 Å². The summed E-state index contributed by atoms with van der Waals surface area (Å²) in [4.78, 5) is 0. The molecule has 0 aliphatic carbocycles. The Morgan fingerprint density at radius 2 is 0.885 bits per heavy atom. The molecular weight excluding hydrogens is 693 g/mol. The number of para-hydroxylation sites is 2. The van der Waals surface area contributed by atoms with Crippen LogP contribution in [0, 0.1) is 11.3 Å². The van der Waals surface area contributed by atoms with Gasteiger partial charge in [0.15, 0.2) is 0 Å². The summed E-state index contributed by atoms with van der Waals surface area (Å²) in [5.41, 5.74) is -0.630. The van der Waals surface area contributed by atoms with E-state index >= 15 is 0 Å². The minimum atomic E-state index is -4.73. The number of hydrogen-bond donors (Lipinski definition) is 0. The zero-order chi connectivity index (χ0) is 36.7. The first-order valence-corrected chi connectivity index (χ1v) is 15.6. The third-order valence-corrected chi connectivity index (χ3v) is 9.22. The second kappa shape index (κ2) is 11.4. The van der Waals surface area contributed by atoms with Gasteiger partial charge >= 0.3 is 18.5 Å². The molecule has 52 heavy (non-hydrogen) atoms. The maximum atomic E-state index is 14.1. The highest BCUT2D eigenvalue weighted by atomic mass is 19.4. The molecule has 12 heteroatoms. The fourth-order valence-electron chi connectivity index (χ4n) is 6.95. The number of aromatic nitrogens is 2. The zero-order valence-corrected chi connectivity index (χ0v) is 26.3. The van der Waals surface area contributed by atoms with Crippen LogP contribution in [0.4, 0.5) is 39.5 Å². The van der Waals surface area contributed by atoms with Gasteiger partial charge in [-0.05, 0) is 78.4 Å². The number of fused-ring (bicyclic) bond motifs is 6. The van der Waals surface area contributed by atoms with E-state index in [2.05, 4.69) is 6.07 Å². The number of benzene rings is 6. The van der Waals surface area contributed by atoms with E-state index in [0.717, 1.165) is 36.4 Å². The lowest BCUT2D eigenvalue weighted by Crippen LogP contribution is -2.07. The van der Waals surface area contributed by atoms with Gasteiger partial charge in [0, 0.05) is 27.1 Å². The molecular formula is C40H20F9N3. The molecule has 2 aromatic heterocycles. The highest BCUT2D eigenvalue weighted by Crippen LogP contribution is 2.43. The molecule has 0 spiro atoms. The van der Waals surface area contributed by atoms with Crippen molar-refractivity contribution in [2.75, 3.05) is 0 Å². The summed E-state index contributed by atoms with van der Waals surface area (Å²) < 4.78 is 128. The molecule has 6 aromatic carbocycles. The lowest BCUT2D eigenvalue weighted by Gasteiger charge is -2.19. The van der Waals surface area contributed by atoms with Crippen molar-refractivity contribution >= 4 is 43.6 Å². The summed E-state index contributed by atoms with van der Waals surface area (Å²) in [5, 5.41) is 11.9. The van der Waals surface area contributed by atoms with E-state index in [4.69, 9.17) is 0 Å².